The van der Waals surface area contributed by atoms with Crippen LogP contribution in [0.4, 0.5) is 0 Å². The number of carbonyl (C=O) groups excluding carboxylic acids is 1. The largest absolute Gasteiger partial charge is 0.288 e. The molecule has 2 N–H and O–H groups in total. The Bertz CT molecular complexity index is 1050. The van der Waals surface area contributed by atoms with Crippen LogP contribution in [-0.4, -0.2) is 26.1 Å². The highest BCUT2D eigenvalue weighted by Gasteiger charge is 2.12. The summed E-state index contributed by atoms with van der Waals surface area (Å²) in [4.78, 5) is 12.7. The zero-order valence-electron chi connectivity index (χ0n) is 13.1. The van der Waals surface area contributed by atoms with Crippen LogP contribution in [-0.2, 0) is 6.54 Å². The molecule has 0 bridgehead atoms. The summed E-state index contributed by atoms with van der Waals surface area (Å²) in [7, 11) is 0. The Kier molecular flexibility index (Phi) is 4.01. The van der Waals surface area contributed by atoms with Crippen LogP contribution < -0.4 is 5.48 Å². The molecule has 0 atom stereocenters. The van der Waals surface area contributed by atoms with Crippen molar-refractivity contribution in [1.82, 2.24) is 20.5 Å². The molecule has 0 aliphatic rings. The average molecular weight is 350 g/mol. The average Bonchev–Trinajstić information content (AvgIpc) is 3.30. The van der Waals surface area contributed by atoms with E-state index in [1.165, 1.54) is 22.1 Å². The predicted molar refractivity (Wildman–Crippen MR) is 95.6 cm³/mol. The summed E-state index contributed by atoms with van der Waals surface area (Å²) in [5.41, 5.74) is 3.47. The summed E-state index contributed by atoms with van der Waals surface area (Å²) < 4.78 is 1.77. The topological polar surface area (TPSA) is 80.0 Å². The van der Waals surface area contributed by atoms with Gasteiger partial charge in [0, 0.05) is 0 Å². The fraction of sp³-hybridized carbons (Fsp3) is 0.0556. The third-order valence-corrected chi connectivity index (χ3v) is 4.99. The third kappa shape index (κ3) is 3.15. The molecule has 2 heterocycles. The van der Waals surface area contributed by atoms with Crippen molar-refractivity contribution in [3.63, 3.8) is 0 Å². The molecule has 6 nitrogen and oxygen atoms in total. The van der Waals surface area contributed by atoms with Crippen LogP contribution in [0, 0.1) is 0 Å². The maximum absolute atomic E-state index is 11.4. The normalized spacial score (nSPS) is 10.9. The number of nitrogens with zero attached hydrogens (tertiary/aromatic N) is 3. The summed E-state index contributed by atoms with van der Waals surface area (Å²) >= 11 is 1.25. The molecule has 7 heteroatoms. The zero-order valence-corrected chi connectivity index (χ0v) is 13.9. The number of rotatable bonds is 4. The second kappa shape index (κ2) is 6.46. The summed E-state index contributed by atoms with van der Waals surface area (Å²) in [5.74, 6) is -0.528. The van der Waals surface area contributed by atoms with E-state index in [4.69, 9.17) is 5.21 Å². The summed E-state index contributed by atoms with van der Waals surface area (Å²) in [6, 6.07) is 18.0. The maximum atomic E-state index is 11.4. The van der Waals surface area contributed by atoms with Crippen LogP contribution in [0.5, 0.6) is 0 Å². The molecule has 4 rings (SSSR count). The summed E-state index contributed by atoms with van der Waals surface area (Å²) in [5, 5.41) is 19.4. The number of aromatic nitrogens is 3. The molecule has 124 valence electrons. The fourth-order valence-electron chi connectivity index (χ4n) is 2.67. The minimum Gasteiger partial charge on any atom is -0.288 e. The molecule has 0 radical (unpaired) electrons. The van der Waals surface area contributed by atoms with Crippen LogP contribution in [0.3, 0.4) is 0 Å². The van der Waals surface area contributed by atoms with Crippen molar-refractivity contribution in [3.05, 3.63) is 71.2 Å². The molecule has 0 saturated carbocycles. The molecular formula is C18H14N4O2S. The van der Waals surface area contributed by atoms with Gasteiger partial charge in [-0.25, -0.2) is 10.2 Å². The SMILES string of the molecule is O=C(NO)c1ccc(-c2cn(Cc3ccc4ccccc4c3)nn2)s1. The Hall–Kier alpha value is -3.03. The Morgan fingerprint density at radius 2 is 1.96 bits per heavy atom. The monoisotopic (exact) mass is 350 g/mol. The number of carbonyl (C=O) groups is 1. The molecule has 0 spiro atoms. The molecule has 2 aromatic carbocycles. The van der Waals surface area contributed by atoms with E-state index in [0.29, 0.717) is 17.1 Å². The molecular weight excluding hydrogens is 336 g/mol. The van der Waals surface area contributed by atoms with Crippen molar-refractivity contribution in [2.45, 2.75) is 6.54 Å². The van der Waals surface area contributed by atoms with Crippen LogP contribution >= 0.6 is 11.3 Å². The molecule has 0 aliphatic heterocycles. The van der Waals surface area contributed by atoms with Crippen molar-refractivity contribution >= 4 is 28.0 Å². The summed E-state index contributed by atoms with van der Waals surface area (Å²) in [6.45, 7) is 0.618. The van der Waals surface area contributed by atoms with Crippen molar-refractivity contribution in [3.8, 4) is 10.6 Å². The molecule has 0 unspecified atom stereocenters. The number of benzene rings is 2. The minimum atomic E-state index is -0.528. The highest BCUT2D eigenvalue weighted by Crippen LogP contribution is 2.26. The van der Waals surface area contributed by atoms with Crippen LogP contribution in [0.25, 0.3) is 21.3 Å². The second-order valence-corrected chi connectivity index (χ2v) is 6.67. The quantitative estimate of drug-likeness (QED) is 0.437. The van der Waals surface area contributed by atoms with Gasteiger partial charge in [-0.05, 0) is 34.5 Å². The van der Waals surface area contributed by atoms with E-state index in [-0.39, 0.29) is 0 Å². The lowest BCUT2D eigenvalue weighted by atomic mass is 10.1. The first-order chi connectivity index (χ1) is 12.2. The van der Waals surface area contributed by atoms with E-state index >= 15 is 0 Å². The smallest absolute Gasteiger partial charge is 0.284 e. The first-order valence-corrected chi connectivity index (χ1v) is 8.47. The number of hydroxylamine groups is 1. The third-order valence-electron chi connectivity index (χ3n) is 3.88. The molecule has 0 saturated heterocycles. The van der Waals surface area contributed by atoms with Gasteiger partial charge in [-0.3, -0.25) is 10.0 Å². The summed E-state index contributed by atoms with van der Waals surface area (Å²) in [6.07, 6.45) is 1.85. The van der Waals surface area contributed by atoms with Gasteiger partial charge in [-0.2, -0.15) is 0 Å². The van der Waals surface area contributed by atoms with Gasteiger partial charge < -0.3 is 0 Å². The zero-order chi connectivity index (χ0) is 17.2. The number of amides is 1. The van der Waals surface area contributed by atoms with Crippen LogP contribution in [0.2, 0.25) is 0 Å². The van der Waals surface area contributed by atoms with Crippen molar-refractivity contribution < 1.29 is 10.0 Å². The predicted octanol–water partition coefficient (Wildman–Crippen LogP) is 3.33. The van der Waals surface area contributed by atoms with Gasteiger partial charge in [0.25, 0.3) is 5.91 Å². The molecule has 4 aromatic rings. The number of nitrogens with one attached hydrogen (secondary N) is 1. The van der Waals surface area contributed by atoms with Gasteiger partial charge in [0.2, 0.25) is 0 Å². The van der Waals surface area contributed by atoms with Gasteiger partial charge in [0.15, 0.2) is 0 Å². The Morgan fingerprint density at radius 1 is 1.12 bits per heavy atom. The molecule has 0 aliphatic carbocycles. The first kappa shape index (κ1) is 15.5. The second-order valence-electron chi connectivity index (χ2n) is 5.59. The van der Waals surface area contributed by atoms with E-state index < -0.39 is 5.91 Å². The van der Waals surface area contributed by atoms with Gasteiger partial charge in [0.05, 0.1) is 22.5 Å². The Morgan fingerprint density at radius 3 is 2.80 bits per heavy atom. The lowest BCUT2D eigenvalue weighted by Gasteiger charge is -2.03. The molecule has 25 heavy (non-hydrogen) atoms. The number of hydrogen-bond acceptors (Lipinski definition) is 5. The van der Waals surface area contributed by atoms with E-state index in [2.05, 4.69) is 40.6 Å². The lowest BCUT2D eigenvalue weighted by Crippen LogP contribution is -2.16. The first-order valence-electron chi connectivity index (χ1n) is 7.65. The van der Waals surface area contributed by atoms with Crippen LogP contribution in [0.1, 0.15) is 15.2 Å². The van der Waals surface area contributed by atoms with Crippen molar-refractivity contribution in [2.75, 3.05) is 0 Å². The Labute approximate surface area is 147 Å². The van der Waals surface area contributed by atoms with E-state index in [0.717, 1.165) is 10.4 Å². The number of fused-ring (bicyclic) bond motifs is 1. The van der Waals surface area contributed by atoms with E-state index in [9.17, 15) is 4.79 Å². The molecule has 1 amide bonds. The van der Waals surface area contributed by atoms with Crippen molar-refractivity contribution in [2.24, 2.45) is 0 Å². The highest BCUT2D eigenvalue weighted by atomic mass is 32.1. The van der Waals surface area contributed by atoms with Crippen molar-refractivity contribution in [1.29, 1.82) is 0 Å². The van der Waals surface area contributed by atoms with Gasteiger partial charge in [0.1, 0.15) is 5.69 Å². The fourth-order valence-corrected chi connectivity index (χ4v) is 3.51. The van der Waals surface area contributed by atoms with Crippen LogP contribution in [0.15, 0.2) is 60.8 Å². The van der Waals surface area contributed by atoms with Gasteiger partial charge in [-0.15, -0.1) is 16.4 Å². The maximum Gasteiger partial charge on any atom is 0.284 e. The van der Waals surface area contributed by atoms with Gasteiger partial charge >= 0.3 is 0 Å². The van der Waals surface area contributed by atoms with Gasteiger partial charge in [-0.1, -0.05) is 41.6 Å². The number of thiophene rings is 1. The number of hydrogen-bond donors (Lipinski definition) is 2. The highest BCUT2D eigenvalue weighted by molar-refractivity contribution is 7.17. The Balaban J connectivity index is 1.56. The molecule has 0 fully saturated rings. The lowest BCUT2D eigenvalue weighted by molar-refractivity contribution is 0.0711. The molecule has 2 aromatic heterocycles. The van der Waals surface area contributed by atoms with E-state index in [1.54, 1.807) is 22.3 Å². The van der Waals surface area contributed by atoms with E-state index in [1.807, 2.05) is 18.3 Å². The minimum absolute atomic E-state index is 0.418. The standard InChI is InChI=1S/C18H14N4O2S/c23-18(20-24)17-8-7-16(25-17)15-11-22(21-19-15)10-12-5-6-13-3-1-2-4-14(13)9-12/h1-9,11,24H,10H2,(H,20,23).